The number of hydrogen-bond acceptors (Lipinski definition) is 2. The highest BCUT2D eigenvalue weighted by molar-refractivity contribution is 6.10. The van der Waals surface area contributed by atoms with Crippen LogP contribution in [0.15, 0.2) is 34.9 Å². The molecule has 3 nitrogen and oxygen atoms in total. The molecule has 3 heterocycles. The van der Waals surface area contributed by atoms with E-state index in [1.807, 2.05) is 0 Å². The van der Waals surface area contributed by atoms with Crippen LogP contribution in [-0.2, 0) is 7.05 Å². The van der Waals surface area contributed by atoms with Crippen LogP contribution < -0.4 is 4.57 Å². The van der Waals surface area contributed by atoms with E-state index in [1.165, 1.54) is 35.0 Å². The Bertz CT molecular complexity index is 1540. The summed E-state index contributed by atoms with van der Waals surface area (Å²) in [5.74, 6) is 0. The Balaban J connectivity index is 2.18. The number of nitrogens with zero attached hydrogens (tertiary/aromatic N) is 2. The minimum Gasteiger partial charge on any atom is -0.437 e. The van der Waals surface area contributed by atoms with E-state index >= 15 is 0 Å². The molecule has 0 unspecified atom stereocenters. The fourth-order valence-corrected chi connectivity index (χ4v) is 3.18. The van der Waals surface area contributed by atoms with Crippen molar-refractivity contribution in [2.24, 2.45) is 7.05 Å². The summed E-state index contributed by atoms with van der Waals surface area (Å²) < 4.78 is 102. The fraction of sp³-hybridized carbons (Fsp3) is 0.273. The standard InChI is InChI=1S/C22H23N2O/c1-12-10-18(24(6)11-15(12)4)20-14(3)9-13(2)19-17-8-7-16(5)23-22(17)25-21(19)20/h7-11H,1-6H3/q+1/i1D3,2D3,4D3,5D3. The second-order valence-corrected chi connectivity index (χ2v) is 6.07. The van der Waals surface area contributed by atoms with Crippen LogP contribution in [-0.4, -0.2) is 4.98 Å². The number of aromatic nitrogens is 2. The van der Waals surface area contributed by atoms with E-state index in [-0.39, 0.29) is 50.1 Å². The van der Waals surface area contributed by atoms with Crippen molar-refractivity contribution in [3.8, 4) is 11.3 Å². The molecule has 0 radical (unpaired) electrons. The number of furan rings is 1. The summed E-state index contributed by atoms with van der Waals surface area (Å²) in [4.78, 5) is 4.11. The third-order valence-electron chi connectivity index (χ3n) is 4.34. The first-order chi connectivity index (χ1) is 16.7. The summed E-state index contributed by atoms with van der Waals surface area (Å²) in [5, 5.41) is 0.476. The quantitative estimate of drug-likeness (QED) is 0.455. The summed E-state index contributed by atoms with van der Waals surface area (Å²) in [7, 11) is 1.55. The molecule has 0 aliphatic heterocycles. The zero-order chi connectivity index (χ0) is 27.9. The predicted molar refractivity (Wildman–Crippen MR) is 102 cm³/mol. The molecular weight excluding hydrogens is 308 g/mol. The lowest BCUT2D eigenvalue weighted by Crippen LogP contribution is -2.31. The molecule has 126 valence electrons. The van der Waals surface area contributed by atoms with Crippen LogP contribution >= 0.6 is 0 Å². The van der Waals surface area contributed by atoms with Gasteiger partial charge in [0.2, 0.25) is 11.4 Å². The molecule has 1 aromatic carbocycles. The van der Waals surface area contributed by atoms with Gasteiger partial charge in [-0.2, -0.15) is 0 Å². The maximum absolute atomic E-state index is 8.08. The molecule has 0 saturated heterocycles. The third kappa shape index (κ3) is 2.34. The van der Waals surface area contributed by atoms with Gasteiger partial charge in [-0.15, -0.1) is 0 Å². The van der Waals surface area contributed by atoms with Crippen LogP contribution in [0.2, 0.25) is 0 Å². The van der Waals surface area contributed by atoms with Gasteiger partial charge in [0.05, 0.1) is 5.56 Å². The van der Waals surface area contributed by atoms with Gasteiger partial charge in [0.1, 0.15) is 7.05 Å². The smallest absolute Gasteiger partial charge is 0.227 e. The van der Waals surface area contributed by atoms with Crippen molar-refractivity contribution in [2.75, 3.05) is 0 Å². The number of benzene rings is 1. The van der Waals surface area contributed by atoms with Crippen LogP contribution in [0.5, 0.6) is 0 Å². The zero-order valence-corrected chi connectivity index (χ0v) is 13.7. The lowest BCUT2D eigenvalue weighted by atomic mass is 9.96. The first-order valence-corrected chi connectivity index (χ1v) is 7.64. The van der Waals surface area contributed by atoms with E-state index < -0.39 is 27.4 Å². The first kappa shape index (κ1) is 7.28. The lowest BCUT2D eigenvalue weighted by molar-refractivity contribution is -0.660. The summed E-state index contributed by atoms with van der Waals surface area (Å²) in [6.45, 7) is -8.89. The minimum absolute atomic E-state index is 0.0382. The lowest BCUT2D eigenvalue weighted by Gasteiger charge is -2.09. The van der Waals surface area contributed by atoms with Crippen molar-refractivity contribution in [2.45, 2.75) is 34.3 Å². The van der Waals surface area contributed by atoms with Crippen molar-refractivity contribution in [3.05, 3.63) is 58.4 Å². The number of aryl methyl sites for hydroxylation is 6. The van der Waals surface area contributed by atoms with Crippen molar-refractivity contribution in [3.63, 3.8) is 0 Å². The molecule has 0 atom stereocenters. The van der Waals surface area contributed by atoms with Crippen molar-refractivity contribution in [1.82, 2.24) is 4.98 Å². The Morgan fingerprint density at radius 1 is 1.00 bits per heavy atom. The Hall–Kier alpha value is -2.68. The fourth-order valence-electron chi connectivity index (χ4n) is 3.18. The molecule has 25 heavy (non-hydrogen) atoms. The molecule has 0 aliphatic rings. The largest absolute Gasteiger partial charge is 0.437 e. The Morgan fingerprint density at radius 2 is 1.84 bits per heavy atom. The second-order valence-electron chi connectivity index (χ2n) is 6.07. The van der Waals surface area contributed by atoms with Gasteiger partial charge in [0.15, 0.2) is 11.8 Å². The van der Waals surface area contributed by atoms with E-state index in [0.29, 0.717) is 11.1 Å². The molecule has 0 saturated carbocycles. The van der Waals surface area contributed by atoms with E-state index in [2.05, 4.69) is 4.98 Å². The van der Waals surface area contributed by atoms with Crippen LogP contribution in [0.4, 0.5) is 0 Å². The van der Waals surface area contributed by atoms with Crippen LogP contribution in [0.25, 0.3) is 33.3 Å². The molecule has 0 fully saturated rings. The number of fused-ring (bicyclic) bond motifs is 3. The van der Waals surface area contributed by atoms with Crippen LogP contribution in [0, 0.1) is 34.3 Å². The average Bonchev–Trinajstić information content (AvgIpc) is 3.08. The van der Waals surface area contributed by atoms with Crippen molar-refractivity contribution < 1.29 is 25.4 Å². The topological polar surface area (TPSA) is 29.9 Å². The van der Waals surface area contributed by atoms with Gasteiger partial charge < -0.3 is 4.42 Å². The highest BCUT2D eigenvalue weighted by atomic mass is 16.3. The minimum atomic E-state index is -2.75. The monoisotopic (exact) mass is 343 g/mol. The molecule has 0 spiro atoms. The molecule has 0 aliphatic carbocycles. The second kappa shape index (κ2) is 5.41. The highest BCUT2D eigenvalue weighted by Crippen LogP contribution is 2.38. The van der Waals surface area contributed by atoms with Gasteiger partial charge in [-0.1, -0.05) is 6.07 Å². The SMILES string of the molecule is [2H]C([2H])([2H])c1ccc2c(n1)oc1c(-c3cc(C([2H])([2H])[2H])c(C([2H])([2H])[2H])c[n+]3C)c(C)cc(C([2H])([2H])[2H])c12. The molecule has 4 aromatic rings. The van der Waals surface area contributed by atoms with Gasteiger partial charge in [0.25, 0.3) is 0 Å². The molecule has 0 bridgehead atoms. The summed E-state index contributed by atoms with van der Waals surface area (Å²) in [5.41, 5.74) is 0.0581. The average molecular weight is 344 g/mol. The maximum Gasteiger partial charge on any atom is 0.227 e. The van der Waals surface area contributed by atoms with E-state index in [4.69, 9.17) is 20.9 Å². The predicted octanol–water partition coefficient (Wildman–Crippen LogP) is 5.01. The van der Waals surface area contributed by atoms with Gasteiger partial charge in [-0.25, -0.2) is 9.55 Å². The van der Waals surface area contributed by atoms with Crippen molar-refractivity contribution in [1.29, 1.82) is 0 Å². The molecule has 0 N–H and O–H groups in total. The Labute approximate surface area is 164 Å². The van der Waals surface area contributed by atoms with Crippen molar-refractivity contribution >= 4 is 22.1 Å². The molecule has 3 aromatic heterocycles. The van der Waals surface area contributed by atoms with E-state index in [1.54, 1.807) is 14.0 Å². The molecule has 3 heteroatoms. The summed E-state index contributed by atoms with van der Waals surface area (Å²) in [6.07, 6.45) is 1.22. The number of hydrogen-bond donors (Lipinski definition) is 0. The molecule has 4 rings (SSSR count). The summed E-state index contributed by atoms with van der Waals surface area (Å²) >= 11 is 0. The summed E-state index contributed by atoms with van der Waals surface area (Å²) in [6, 6.07) is 5.42. The van der Waals surface area contributed by atoms with Gasteiger partial charge in [-0.05, 0) is 63.2 Å². The van der Waals surface area contributed by atoms with Gasteiger partial charge >= 0.3 is 0 Å². The normalized spacial score (nSPS) is 20.7. The Kier molecular flexibility index (Phi) is 1.58. The maximum atomic E-state index is 8.08. The van der Waals surface area contributed by atoms with E-state index in [0.717, 1.165) is 0 Å². The first-order valence-electron chi connectivity index (χ1n) is 13.6. The molecular formula is C22H23N2O+. The highest BCUT2D eigenvalue weighted by Gasteiger charge is 2.23. The zero-order valence-electron chi connectivity index (χ0n) is 25.7. The number of pyridine rings is 2. The van der Waals surface area contributed by atoms with Crippen LogP contribution in [0.1, 0.15) is 44.4 Å². The third-order valence-corrected chi connectivity index (χ3v) is 4.34. The van der Waals surface area contributed by atoms with Gasteiger partial charge in [-0.3, -0.25) is 0 Å². The van der Waals surface area contributed by atoms with Crippen LogP contribution in [0.3, 0.4) is 0 Å². The molecule has 0 amide bonds. The van der Waals surface area contributed by atoms with E-state index in [9.17, 15) is 0 Å². The Morgan fingerprint density at radius 3 is 2.60 bits per heavy atom. The van der Waals surface area contributed by atoms with Gasteiger partial charge in [0, 0.05) is 44.5 Å². The number of rotatable bonds is 1.